The Labute approximate surface area is 176 Å². The van der Waals surface area contributed by atoms with E-state index in [-0.39, 0.29) is 11.9 Å². The molecule has 1 fully saturated rings. The highest BCUT2D eigenvalue weighted by Crippen LogP contribution is 2.41. The highest BCUT2D eigenvalue weighted by atomic mass is 16.5. The molecule has 1 aliphatic rings. The minimum absolute atomic E-state index is 0.00230. The van der Waals surface area contributed by atoms with E-state index in [2.05, 4.69) is 16.3 Å². The number of ether oxygens (including phenoxy) is 2. The largest absolute Gasteiger partial charge is 0.493 e. The van der Waals surface area contributed by atoms with Crippen LogP contribution in [0, 0.1) is 13.8 Å². The fourth-order valence-electron chi connectivity index (χ4n) is 4.24. The molecule has 7 nitrogen and oxygen atoms in total. The van der Waals surface area contributed by atoms with E-state index in [4.69, 9.17) is 18.9 Å². The van der Waals surface area contributed by atoms with Gasteiger partial charge in [-0.1, -0.05) is 6.07 Å². The lowest BCUT2D eigenvalue weighted by molar-refractivity contribution is -0.119. The van der Waals surface area contributed by atoms with Crippen LogP contribution in [0.3, 0.4) is 0 Å². The predicted molar refractivity (Wildman–Crippen MR) is 116 cm³/mol. The first kappa shape index (κ1) is 20.1. The van der Waals surface area contributed by atoms with E-state index in [1.165, 1.54) is 0 Å². The third-order valence-electron chi connectivity index (χ3n) is 5.53. The molecule has 2 aromatic heterocycles. The number of furan rings is 1. The molecule has 158 valence electrons. The maximum absolute atomic E-state index is 11.4. The topological polar surface area (TPSA) is 76.8 Å². The molecule has 1 saturated heterocycles. The lowest BCUT2D eigenvalue weighted by Gasteiger charge is -2.19. The first-order valence-electron chi connectivity index (χ1n) is 10.1. The van der Waals surface area contributed by atoms with Gasteiger partial charge in [0.05, 0.1) is 19.9 Å². The molecular formula is C23H27N3O4. The van der Waals surface area contributed by atoms with Crippen LogP contribution in [-0.4, -0.2) is 44.2 Å². The second-order valence-corrected chi connectivity index (χ2v) is 7.70. The molecule has 0 bridgehead atoms. The summed E-state index contributed by atoms with van der Waals surface area (Å²) in [6, 6.07) is 8.03. The van der Waals surface area contributed by atoms with Crippen LogP contribution >= 0.6 is 0 Å². The van der Waals surface area contributed by atoms with Crippen molar-refractivity contribution >= 4 is 22.7 Å². The molecule has 1 atom stereocenters. The van der Waals surface area contributed by atoms with Crippen molar-refractivity contribution in [3.63, 3.8) is 0 Å². The summed E-state index contributed by atoms with van der Waals surface area (Å²) < 4.78 is 17.1. The van der Waals surface area contributed by atoms with Crippen LogP contribution in [0.2, 0.25) is 0 Å². The molecule has 3 aromatic rings. The third-order valence-corrected chi connectivity index (χ3v) is 5.53. The monoisotopic (exact) mass is 409 g/mol. The molecule has 4 rings (SSSR count). The minimum atomic E-state index is 0.00230. The quantitative estimate of drug-likeness (QED) is 0.690. The number of rotatable bonds is 5. The van der Waals surface area contributed by atoms with Gasteiger partial charge in [-0.15, -0.1) is 0 Å². The number of hydrogen-bond donors (Lipinski definition) is 1. The normalized spacial score (nSPS) is 16.2. The van der Waals surface area contributed by atoms with Gasteiger partial charge in [0.25, 0.3) is 0 Å². The Hall–Kier alpha value is -3.22. The van der Waals surface area contributed by atoms with Gasteiger partial charge in [-0.05, 0) is 44.0 Å². The Morgan fingerprint density at radius 2 is 1.97 bits per heavy atom. The molecule has 30 heavy (non-hydrogen) atoms. The number of methoxy groups -OCH3 is 2. The maximum atomic E-state index is 11.4. The molecule has 3 heterocycles. The summed E-state index contributed by atoms with van der Waals surface area (Å²) in [5.41, 5.74) is 5.45. The molecule has 0 spiro atoms. The zero-order valence-electron chi connectivity index (χ0n) is 18.0. The number of carbonyl (C=O) groups excluding carboxylic acids is 1. The number of nitrogens with one attached hydrogen (secondary N) is 1. The van der Waals surface area contributed by atoms with Gasteiger partial charge in [0.2, 0.25) is 5.91 Å². The maximum Gasteiger partial charge on any atom is 0.217 e. The van der Waals surface area contributed by atoms with E-state index in [9.17, 15) is 4.79 Å². The van der Waals surface area contributed by atoms with Crippen molar-refractivity contribution < 1.29 is 18.7 Å². The summed E-state index contributed by atoms with van der Waals surface area (Å²) in [7, 11) is 3.25. The summed E-state index contributed by atoms with van der Waals surface area (Å²) in [4.78, 5) is 18.5. The highest BCUT2D eigenvalue weighted by molar-refractivity contribution is 5.99. The Morgan fingerprint density at radius 1 is 1.20 bits per heavy atom. The predicted octanol–water partition coefficient (Wildman–Crippen LogP) is 3.84. The van der Waals surface area contributed by atoms with Crippen LogP contribution in [0.5, 0.6) is 11.5 Å². The average molecular weight is 409 g/mol. The van der Waals surface area contributed by atoms with Crippen LogP contribution in [0.4, 0.5) is 5.69 Å². The van der Waals surface area contributed by atoms with Crippen molar-refractivity contribution in [1.29, 1.82) is 0 Å². The lowest BCUT2D eigenvalue weighted by atomic mass is 10.0. The van der Waals surface area contributed by atoms with Crippen molar-refractivity contribution in [2.75, 3.05) is 32.2 Å². The van der Waals surface area contributed by atoms with Crippen molar-refractivity contribution in [3.05, 3.63) is 35.7 Å². The third kappa shape index (κ3) is 3.56. The second kappa shape index (κ2) is 7.89. The molecule has 0 unspecified atom stereocenters. The number of aryl methyl sites for hydroxylation is 2. The second-order valence-electron chi connectivity index (χ2n) is 7.70. The molecule has 1 N–H and O–H groups in total. The van der Waals surface area contributed by atoms with E-state index in [0.29, 0.717) is 11.5 Å². The van der Waals surface area contributed by atoms with Gasteiger partial charge >= 0.3 is 0 Å². The van der Waals surface area contributed by atoms with Crippen LogP contribution in [0.1, 0.15) is 24.8 Å². The van der Waals surface area contributed by atoms with E-state index in [1.54, 1.807) is 21.1 Å². The van der Waals surface area contributed by atoms with Gasteiger partial charge in [-0.25, -0.2) is 4.98 Å². The summed E-state index contributed by atoms with van der Waals surface area (Å²) >= 11 is 0. The Bertz CT molecular complexity index is 1110. The Kier molecular flexibility index (Phi) is 5.28. The first-order valence-corrected chi connectivity index (χ1v) is 10.1. The molecule has 1 aliphatic heterocycles. The fraction of sp³-hybridized carbons (Fsp3) is 0.391. The number of fused-ring (bicyclic) bond motifs is 1. The number of aromatic nitrogens is 1. The Balaban J connectivity index is 1.79. The smallest absolute Gasteiger partial charge is 0.217 e. The van der Waals surface area contributed by atoms with E-state index >= 15 is 0 Å². The number of anilines is 1. The lowest BCUT2D eigenvalue weighted by Crippen LogP contribution is -2.35. The van der Waals surface area contributed by atoms with E-state index in [0.717, 1.165) is 58.9 Å². The Morgan fingerprint density at radius 3 is 2.67 bits per heavy atom. The standard InChI is InChI=1S/C23H27N3O4/c1-13-10-18(26-9-8-17(12-26)25-15(3)27)23-22(24-13)21(14(2)30-23)16-6-7-19(28-4)20(11-16)29-5/h6-7,10-11,17H,8-9,12H2,1-5H3,(H,25,27)/t17-/m1/s1. The summed E-state index contributed by atoms with van der Waals surface area (Å²) in [5.74, 6) is 2.14. The van der Waals surface area contributed by atoms with Gasteiger partial charge in [0.1, 0.15) is 11.3 Å². The summed E-state index contributed by atoms with van der Waals surface area (Å²) in [6.45, 7) is 7.11. The zero-order chi connectivity index (χ0) is 21.4. The fourth-order valence-corrected chi connectivity index (χ4v) is 4.24. The molecule has 0 aliphatic carbocycles. The number of carbonyl (C=O) groups is 1. The summed E-state index contributed by atoms with van der Waals surface area (Å²) in [5, 5.41) is 3.02. The number of hydrogen-bond acceptors (Lipinski definition) is 6. The summed E-state index contributed by atoms with van der Waals surface area (Å²) in [6.07, 6.45) is 0.907. The average Bonchev–Trinajstić information content (AvgIpc) is 3.30. The van der Waals surface area contributed by atoms with Gasteiger partial charge in [0, 0.05) is 37.3 Å². The van der Waals surface area contributed by atoms with Crippen molar-refractivity contribution in [1.82, 2.24) is 10.3 Å². The van der Waals surface area contributed by atoms with E-state index < -0.39 is 0 Å². The molecule has 1 amide bonds. The van der Waals surface area contributed by atoms with Crippen LogP contribution in [0.25, 0.3) is 22.2 Å². The van der Waals surface area contributed by atoms with Gasteiger partial charge < -0.3 is 24.1 Å². The van der Waals surface area contributed by atoms with Crippen molar-refractivity contribution in [2.45, 2.75) is 33.2 Å². The number of amides is 1. The van der Waals surface area contributed by atoms with Crippen LogP contribution in [0.15, 0.2) is 28.7 Å². The first-order chi connectivity index (χ1) is 14.4. The van der Waals surface area contributed by atoms with Gasteiger partial charge in [0.15, 0.2) is 17.1 Å². The van der Waals surface area contributed by atoms with E-state index in [1.807, 2.05) is 32.0 Å². The van der Waals surface area contributed by atoms with Crippen molar-refractivity contribution in [2.24, 2.45) is 0 Å². The highest BCUT2D eigenvalue weighted by Gasteiger charge is 2.27. The number of nitrogens with zero attached hydrogens (tertiary/aromatic N) is 2. The van der Waals surface area contributed by atoms with Crippen molar-refractivity contribution in [3.8, 4) is 22.6 Å². The molecule has 7 heteroatoms. The van der Waals surface area contributed by atoms with Gasteiger partial charge in [-0.2, -0.15) is 0 Å². The number of pyridine rings is 1. The molecule has 0 radical (unpaired) electrons. The zero-order valence-corrected chi connectivity index (χ0v) is 18.0. The van der Waals surface area contributed by atoms with Crippen LogP contribution in [-0.2, 0) is 4.79 Å². The minimum Gasteiger partial charge on any atom is -0.493 e. The van der Waals surface area contributed by atoms with Gasteiger partial charge in [-0.3, -0.25) is 4.79 Å². The molecule has 0 saturated carbocycles. The SMILES string of the molecule is COc1ccc(-c2c(C)oc3c(N4CC[C@@H](NC(C)=O)C4)cc(C)nc23)cc1OC. The molecule has 1 aromatic carbocycles. The van der Waals surface area contributed by atoms with Crippen LogP contribution < -0.4 is 19.7 Å². The molecular weight excluding hydrogens is 382 g/mol. The number of benzene rings is 1.